The van der Waals surface area contributed by atoms with Crippen LogP contribution in [0.1, 0.15) is 83.5 Å². The van der Waals surface area contributed by atoms with Crippen LogP contribution in [0.2, 0.25) is 5.02 Å². The third kappa shape index (κ3) is 7.17. The molecule has 6 nitrogen and oxygen atoms in total. The number of hydrogen-bond acceptors (Lipinski definition) is 4. The standard InChI is InChI=1S/C34H47ClF2N4O2/c1-21(2)41(24(5)42)23(4)28-17-22(3)30(35)19-32(28)38-13-15-39(16-14-38)33(43)27-11-12-40(34(6,7)8)20-29(27)26-10-9-25(36)18-31(26)37/h9-10,17-19,21,23,27,29H,11-16,20H2,1-8H3. The second-order valence-corrected chi connectivity index (χ2v) is 13.9. The zero-order valence-electron chi connectivity index (χ0n) is 26.9. The van der Waals surface area contributed by atoms with Gasteiger partial charge in [0.1, 0.15) is 11.6 Å². The molecule has 0 spiro atoms. The fourth-order valence-corrected chi connectivity index (χ4v) is 7.07. The van der Waals surface area contributed by atoms with Crippen molar-refractivity contribution < 1.29 is 18.4 Å². The van der Waals surface area contributed by atoms with Crippen molar-refractivity contribution in [3.05, 3.63) is 63.7 Å². The average molecular weight is 617 g/mol. The van der Waals surface area contributed by atoms with Gasteiger partial charge in [0.15, 0.2) is 0 Å². The van der Waals surface area contributed by atoms with E-state index in [0.717, 1.165) is 29.4 Å². The molecule has 4 rings (SSSR count). The van der Waals surface area contributed by atoms with E-state index >= 15 is 4.39 Å². The van der Waals surface area contributed by atoms with Crippen molar-refractivity contribution in [2.24, 2.45) is 5.92 Å². The number of anilines is 1. The maximum Gasteiger partial charge on any atom is 0.226 e. The number of carbonyl (C=O) groups is 2. The van der Waals surface area contributed by atoms with Gasteiger partial charge >= 0.3 is 0 Å². The third-order valence-electron chi connectivity index (χ3n) is 9.27. The number of aryl methyl sites for hydroxylation is 1. The smallest absolute Gasteiger partial charge is 0.226 e. The lowest BCUT2D eigenvalue weighted by molar-refractivity contribution is -0.139. The van der Waals surface area contributed by atoms with Crippen LogP contribution < -0.4 is 4.90 Å². The first-order valence-electron chi connectivity index (χ1n) is 15.4. The molecular formula is C34H47ClF2N4O2. The van der Waals surface area contributed by atoms with Gasteiger partial charge in [-0.2, -0.15) is 0 Å². The van der Waals surface area contributed by atoms with Crippen molar-refractivity contribution in [3.63, 3.8) is 0 Å². The maximum atomic E-state index is 15.1. The Morgan fingerprint density at radius 2 is 1.65 bits per heavy atom. The second kappa shape index (κ2) is 13.1. The molecule has 236 valence electrons. The zero-order valence-corrected chi connectivity index (χ0v) is 27.6. The van der Waals surface area contributed by atoms with Crippen LogP contribution in [-0.2, 0) is 9.59 Å². The highest BCUT2D eigenvalue weighted by Crippen LogP contribution is 2.39. The van der Waals surface area contributed by atoms with Crippen LogP contribution in [0.5, 0.6) is 0 Å². The molecule has 0 bridgehead atoms. The number of piperidine rings is 1. The fourth-order valence-electron chi connectivity index (χ4n) is 6.91. The Labute approximate surface area is 261 Å². The lowest BCUT2D eigenvalue weighted by Crippen LogP contribution is -2.55. The summed E-state index contributed by atoms with van der Waals surface area (Å²) >= 11 is 6.61. The first-order valence-corrected chi connectivity index (χ1v) is 15.8. The monoisotopic (exact) mass is 616 g/mol. The molecule has 2 aliphatic heterocycles. The number of likely N-dealkylation sites (tertiary alicyclic amines) is 1. The molecule has 2 saturated heterocycles. The Kier molecular flexibility index (Phi) is 10.1. The molecule has 3 atom stereocenters. The zero-order chi connectivity index (χ0) is 31.8. The normalized spacial score (nSPS) is 20.8. The molecule has 2 fully saturated rings. The van der Waals surface area contributed by atoms with Crippen molar-refractivity contribution in [1.82, 2.24) is 14.7 Å². The van der Waals surface area contributed by atoms with E-state index in [4.69, 9.17) is 11.6 Å². The molecule has 2 aromatic carbocycles. The highest BCUT2D eigenvalue weighted by atomic mass is 35.5. The summed E-state index contributed by atoms with van der Waals surface area (Å²) in [5.41, 5.74) is 3.24. The summed E-state index contributed by atoms with van der Waals surface area (Å²) < 4.78 is 28.9. The minimum absolute atomic E-state index is 0.0149. The summed E-state index contributed by atoms with van der Waals surface area (Å²) in [5, 5.41) is 0.665. The van der Waals surface area contributed by atoms with E-state index in [2.05, 4.69) is 36.6 Å². The predicted octanol–water partition coefficient (Wildman–Crippen LogP) is 6.80. The summed E-state index contributed by atoms with van der Waals surface area (Å²) in [7, 11) is 0. The van der Waals surface area contributed by atoms with Gasteiger partial charge in [-0.3, -0.25) is 14.5 Å². The van der Waals surface area contributed by atoms with Gasteiger partial charge in [-0.25, -0.2) is 8.78 Å². The molecule has 0 aromatic heterocycles. The molecule has 2 aromatic rings. The molecule has 2 amide bonds. The Balaban J connectivity index is 1.56. The third-order valence-corrected chi connectivity index (χ3v) is 9.68. The van der Waals surface area contributed by atoms with Crippen LogP contribution >= 0.6 is 11.6 Å². The predicted molar refractivity (Wildman–Crippen MR) is 170 cm³/mol. The lowest BCUT2D eigenvalue weighted by atomic mass is 9.78. The number of piperazine rings is 1. The lowest BCUT2D eigenvalue weighted by Gasteiger charge is -2.46. The van der Waals surface area contributed by atoms with Crippen LogP contribution in [0, 0.1) is 24.5 Å². The van der Waals surface area contributed by atoms with Crippen molar-refractivity contribution >= 4 is 29.1 Å². The van der Waals surface area contributed by atoms with Gasteiger partial charge in [0.25, 0.3) is 0 Å². The fraction of sp³-hybridized carbons (Fsp3) is 0.588. The van der Waals surface area contributed by atoms with Gasteiger partial charge < -0.3 is 14.7 Å². The number of rotatable bonds is 6. The SMILES string of the molecule is CC(=O)N(C(C)C)C(C)c1cc(C)c(Cl)cc1N1CCN(C(=O)C2CCN(C(C)(C)C)CC2c2ccc(F)cc2F)CC1. The summed E-state index contributed by atoms with van der Waals surface area (Å²) in [5.74, 6) is -1.92. The summed E-state index contributed by atoms with van der Waals surface area (Å²) in [4.78, 5) is 34.9. The van der Waals surface area contributed by atoms with Crippen LogP contribution in [0.3, 0.4) is 0 Å². The van der Waals surface area contributed by atoms with Crippen molar-refractivity contribution in [3.8, 4) is 0 Å². The number of halogens is 3. The van der Waals surface area contributed by atoms with Crippen LogP contribution in [-0.4, -0.2) is 77.4 Å². The topological polar surface area (TPSA) is 47.1 Å². The summed E-state index contributed by atoms with van der Waals surface area (Å²) in [6.07, 6.45) is 0.614. The van der Waals surface area contributed by atoms with E-state index in [1.54, 1.807) is 6.92 Å². The molecule has 2 heterocycles. The minimum Gasteiger partial charge on any atom is -0.368 e. The number of carbonyl (C=O) groups excluding carboxylic acids is 2. The Morgan fingerprint density at radius 1 is 1.00 bits per heavy atom. The average Bonchev–Trinajstić information content (AvgIpc) is 2.93. The highest BCUT2D eigenvalue weighted by Gasteiger charge is 2.41. The molecule has 3 unspecified atom stereocenters. The van der Waals surface area contributed by atoms with Gasteiger partial charge in [0.05, 0.1) is 6.04 Å². The molecule has 0 N–H and O–H groups in total. The van der Waals surface area contributed by atoms with E-state index in [9.17, 15) is 14.0 Å². The highest BCUT2D eigenvalue weighted by molar-refractivity contribution is 6.31. The quantitative estimate of drug-likeness (QED) is 0.358. The van der Waals surface area contributed by atoms with Gasteiger partial charge in [-0.05, 0) is 90.3 Å². The van der Waals surface area contributed by atoms with Gasteiger partial charge in [0.2, 0.25) is 11.8 Å². The summed E-state index contributed by atoms with van der Waals surface area (Å²) in [6, 6.07) is 7.65. The maximum absolute atomic E-state index is 15.1. The second-order valence-electron chi connectivity index (χ2n) is 13.5. The van der Waals surface area contributed by atoms with E-state index in [-0.39, 0.29) is 41.3 Å². The minimum atomic E-state index is -0.617. The van der Waals surface area contributed by atoms with Gasteiger partial charge in [-0.1, -0.05) is 23.7 Å². The van der Waals surface area contributed by atoms with Crippen molar-refractivity contribution in [2.45, 2.75) is 85.4 Å². The number of benzene rings is 2. The van der Waals surface area contributed by atoms with Crippen LogP contribution in [0.25, 0.3) is 0 Å². The van der Waals surface area contributed by atoms with E-state index in [1.807, 2.05) is 43.6 Å². The molecule has 0 saturated carbocycles. The van der Waals surface area contributed by atoms with Crippen LogP contribution in [0.4, 0.5) is 14.5 Å². The van der Waals surface area contributed by atoms with Gasteiger partial charge in [-0.15, -0.1) is 0 Å². The number of nitrogens with zero attached hydrogens (tertiary/aromatic N) is 4. The molecule has 9 heteroatoms. The van der Waals surface area contributed by atoms with Crippen LogP contribution in [0.15, 0.2) is 30.3 Å². The Bertz CT molecular complexity index is 1340. The Morgan fingerprint density at radius 3 is 2.21 bits per heavy atom. The number of amides is 2. The van der Waals surface area contributed by atoms with Crippen molar-refractivity contribution in [2.75, 3.05) is 44.2 Å². The Hall–Kier alpha value is -2.71. The molecule has 43 heavy (non-hydrogen) atoms. The van der Waals surface area contributed by atoms with Gasteiger partial charge in [0, 0.05) is 79.8 Å². The van der Waals surface area contributed by atoms with E-state index in [1.165, 1.54) is 12.1 Å². The first-order chi connectivity index (χ1) is 20.1. The van der Waals surface area contributed by atoms with Crippen molar-refractivity contribution in [1.29, 1.82) is 0 Å². The number of hydrogen-bond donors (Lipinski definition) is 0. The van der Waals surface area contributed by atoms with E-state index in [0.29, 0.717) is 49.7 Å². The first kappa shape index (κ1) is 33.2. The largest absolute Gasteiger partial charge is 0.368 e. The molecule has 0 aliphatic carbocycles. The molecule has 2 aliphatic rings. The molecule has 0 radical (unpaired) electrons. The molecular weight excluding hydrogens is 570 g/mol. The van der Waals surface area contributed by atoms with E-state index < -0.39 is 11.6 Å². The summed E-state index contributed by atoms with van der Waals surface area (Å²) in [6.45, 7) is 19.6.